The molecule has 0 aliphatic rings. The molecule has 0 saturated carbocycles. The average Bonchev–Trinajstić information content (AvgIpc) is 2.46. The van der Waals surface area contributed by atoms with Gasteiger partial charge in [-0.3, -0.25) is 0 Å². The van der Waals surface area contributed by atoms with Gasteiger partial charge < -0.3 is 9.84 Å². The van der Waals surface area contributed by atoms with Crippen molar-refractivity contribution < 1.29 is 19.0 Å². The molecule has 1 N–H and O–H groups in total. The van der Waals surface area contributed by atoms with E-state index in [1.165, 1.54) is 12.1 Å². The lowest BCUT2D eigenvalue weighted by atomic mass is 10.1. The van der Waals surface area contributed by atoms with Gasteiger partial charge in [0.1, 0.15) is 18.2 Å². The minimum absolute atomic E-state index is 0.172. The number of carboxylic acid groups (broad SMARTS) is 1. The van der Waals surface area contributed by atoms with Crippen LogP contribution < -0.4 is 4.74 Å². The number of para-hydroxylation sites is 1. The molecule has 2 aromatic carbocycles. The summed E-state index contributed by atoms with van der Waals surface area (Å²) >= 11 is 0. The van der Waals surface area contributed by atoms with Crippen molar-refractivity contribution >= 4 is 5.97 Å². The quantitative estimate of drug-likeness (QED) is 0.821. The van der Waals surface area contributed by atoms with Crippen LogP contribution in [0, 0.1) is 5.82 Å². The van der Waals surface area contributed by atoms with Crippen molar-refractivity contribution in [3.05, 3.63) is 77.6 Å². The van der Waals surface area contributed by atoms with Crippen molar-refractivity contribution in [1.82, 2.24) is 0 Å². The first kappa shape index (κ1) is 14.8. The zero-order valence-corrected chi connectivity index (χ0v) is 11.4. The van der Waals surface area contributed by atoms with E-state index in [4.69, 9.17) is 9.84 Å². The molecular formula is C17H15FO3. The summed E-state index contributed by atoms with van der Waals surface area (Å²) in [6.07, 6.45) is 2.46. The molecule has 0 heterocycles. The zero-order valence-electron chi connectivity index (χ0n) is 11.4. The second kappa shape index (κ2) is 6.70. The third kappa shape index (κ3) is 3.69. The van der Waals surface area contributed by atoms with Gasteiger partial charge in [0, 0.05) is 0 Å². The minimum atomic E-state index is -1.28. The van der Waals surface area contributed by atoms with Gasteiger partial charge in [0.2, 0.25) is 0 Å². The number of hydrogen-bond donors (Lipinski definition) is 1. The molecule has 4 heteroatoms. The number of halogens is 1. The first-order valence-corrected chi connectivity index (χ1v) is 6.45. The highest BCUT2D eigenvalue weighted by Gasteiger charge is 2.10. The normalized spacial score (nSPS) is 10.1. The summed E-state index contributed by atoms with van der Waals surface area (Å²) in [5.41, 5.74) is 1.23. The molecule has 108 valence electrons. The Morgan fingerprint density at radius 2 is 2.05 bits per heavy atom. The Morgan fingerprint density at radius 3 is 2.71 bits per heavy atom. The molecule has 0 aliphatic carbocycles. The highest BCUT2D eigenvalue weighted by molar-refractivity contribution is 5.87. The molecule has 3 nitrogen and oxygen atoms in total. The van der Waals surface area contributed by atoms with Crippen LogP contribution in [0.3, 0.4) is 0 Å². The van der Waals surface area contributed by atoms with Crippen LogP contribution in [0.25, 0.3) is 0 Å². The van der Waals surface area contributed by atoms with Crippen LogP contribution >= 0.6 is 0 Å². The fourth-order valence-electron chi connectivity index (χ4n) is 1.95. The monoisotopic (exact) mass is 286 g/mol. The molecular weight excluding hydrogens is 271 g/mol. The summed E-state index contributed by atoms with van der Waals surface area (Å²) in [4.78, 5) is 10.7. The second-order valence-electron chi connectivity index (χ2n) is 4.51. The van der Waals surface area contributed by atoms with Crippen molar-refractivity contribution in [3.63, 3.8) is 0 Å². The predicted molar refractivity (Wildman–Crippen MR) is 78.0 cm³/mol. The molecule has 2 aromatic rings. The maximum absolute atomic E-state index is 13.6. The number of benzene rings is 2. The lowest BCUT2D eigenvalue weighted by molar-refractivity contribution is 0.0692. The van der Waals surface area contributed by atoms with E-state index < -0.39 is 11.8 Å². The molecule has 0 aliphatic heterocycles. The summed E-state index contributed by atoms with van der Waals surface area (Å²) in [6, 6.07) is 11.5. The van der Waals surface area contributed by atoms with Gasteiger partial charge in [-0.1, -0.05) is 30.3 Å². The fraction of sp³-hybridized carbons (Fsp3) is 0.118. The Labute approximate surface area is 122 Å². The first-order chi connectivity index (χ1) is 10.1. The molecule has 0 atom stereocenters. The van der Waals surface area contributed by atoms with E-state index in [2.05, 4.69) is 6.58 Å². The third-order valence-electron chi connectivity index (χ3n) is 3.00. The maximum atomic E-state index is 13.6. The maximum Gasteiger partial charge on any atom is 0.338 e. The third-order valence-corrected chi connectivity index (χ3v) is 3.00. The van der Waals surface area contributed by atoms with E-state index in [0.29, 0.717) is 17.7 Å². The second-order valence-corrected chi connectivity index (χ2v) is 4.51. The molecule has 21 heavy (non-hydrogen) atoms. The summed E-state index contributed by atoms with van der Waals surface area (Å²) < 4.78 is 19.2. The number of allylic oxidation sites excluding steroid dienone is 1. The van der Waals surface area contributed by atoms with Crippen LogP contribution in [0.2, 0.25) is 0 Å². The summed E-state index contributed by atoms with van der Waals surface area (Å²) in [7, 11) is 0. The van der Waals surface area contributed by atoms with E-state index in [0.717, 1.165) is 5.56 Å². The molecule has 0 fully saturated rings. The topological polar surface area (TPSA) is 46.5 Å². The van der Waals surface area contributed by atoms with Crippen molar-refractivity contribution in [3.8, 4) is 5.75 Å². The lowest BCUT2D eigenvalue weighted by Gasteiger charge is -2.10. The Morgan fingerprint density at radius 1 is 1.29 bits per heavy atom. The van der Waals surface area contributed by atoms with Crippen molar-refractivity contribution in [1.29, 1.82) is 0 Å². The highest BCUT2D eigenvalue weighted by Crippen LogP contribution is 2.20. The smallest absolute Gasteiger partial charge is 0.338 e. The molecule has 0 radical (unpaired) electrons. The van der Waals surface area contributed by atoms with E-state index in [9.17, 15) is 9.18 Å². The first-order valence-electron chi connectivity index (χ1n) is 6.45. The van der Waals surface area contributed by atoms with Gasteiger partial charge in [-0.15, -0.1) is 6.58 Å². The van der Waals surface area contributed by atoms with Gasteiger partial charge >= 0.3 is 5.97 Å². The summed E-state index contributed by atoms with van der Waals surface area (Å²) in [6.45, 7) is 3.86. The summed E-state index contributed by atoms with van der Waals surface area (Å²) in [5, 5.41) is 8.78. The molecule has 0 amide bonds. The van der Waals surface area contributed by atoms with Gasteiger partial charge in [-0.2, -0.15) is 0 Å². The van der Waals surface area contributed by atoms with Gasteiger partial charge in [0.25, 0.3) is 0 Å². The van der Waals surface area contributed by atoms with Crippen molar-refractivity contribution in [2.75, 3.05) is 0 Å². The van der Waals surface area contributed by atoms with Gasteiger partial charge in [0.05, 0.1) is 5.56 Å². The van der Waals surface area contributed by atoms with E-state index in [1.807, 2.05) is 24.3 Å². The SMILES string of the molecule is C=CCc1ccccc1OCc1ccc(C(=O)O)c(F)c1. The van der Waals surface area contributed by atoms with Crippen LogP contribution in [0.1, 0.15) is 21.5 Å². The minimum Gasteiger partial charge on any atom is -0.489 e. The van der Waals surface area contributed by atoms with Crippen molar-refractivity contribution in [2.45, 2.75) is 13.0 Å². The number of carboxylic acids is 1. The largest absolute Gasteiger partial charge is 0.489 e. The number of carbonyl (C=O) groups is 1. The van der Waals surface area contributed by atoms with Crippen LogP contribution in [-0.2, 0) is 13.0 Å². The Hall–Kier alpha value is -2.62. The Balaban J connectivity index is 2.12. The van der Waals surface area contributed by atoms with Crippen LogP contribution in [0.4, 0.5) is 4.39 Å². The van der Waals surface area contributed by atoms with Gasteiger partial charge in [0.15, 0.2) is 0 Å². The van der Waals surface area contributed by atoms with E-state index in [1.54, 1.807) is 12.1 Å². The Kier molecular flexibility index (Phi) is 4.72. The average molecular weight is 286 g/mol. The predicted octanol–water partition coefficient (Wildman–Crippen LogP) is 3.83. The van der Waals surface area contributed by atoms with Crippen LogP contribution in [0.15, 0.2) is 55.1 Å². The van der Waals surface area contributed by atoms with E-state index in [-0.39, 0.29) is 12.2 Å². The lowest BCUT2D eigenvalue weighted by Crippen LogP contribution is -2.03. The Bertz CT molecular complexity index is 665. The van der Waals surface area contributed by atoms with Gasteiger partial charge in [-0.05, 0) is 35.7 Å². The summed E-state index contributed by atoms with van der Waals surface area (Å²) in [5.74, 6) is -1.33. The molecule has 0 spiro atoms. The standard InChI is InChI=1S/C17H15FO3/c1-2-5-13-6-3-4-7-16(13)21-11-12-8-9-14(17(19)20)15(18)10-12/h2-4,6-10H,1,5,11H2,(H,19,20). The number of ether oxygens (including phenoxy) is 1. The van der Waals surface area contributed by atoms with E-state index >= 15 is 0 Å². The fourth-order valence-corrected chi connectivity index (χ4v) is 1.95. The number of aromatic carboxylic acids is 1. The molecule has 0 saturated heterocycles. The molecule has 0 aromatic heterocycles. The van der Waals surface area contributed by atoms with Crippen LogP contribution in [-0.4, -0.2) is 11.1 Å². The number of hydrogen-bond acceptors (Lipinski definition) is 2. The molecule has 0 unspecified atom stereocenters. The molecule has 0 bridgehead atoms. The highest BCUT2D eigenvalue weighted by atomic mass is 19.1. The van der Waals surface area contributed by atoms with Crippen molar-refractivity contribution in [2.24, 2.45) is 0 Å². The number of rotatable bonds is 6. The van der Waals surface area contributed by atoms with Crippen LogP contribution in [0.5, 0.6) is 5.75 Å². The molecule has 2 rings (SSSR count). The van der Waals surface area contributed by atoms with Gasteiger partial charge in [-0.25, -0.2) is 9.18 Å². The zero-order chi connectivity index (χ0) is 15.2.